The van der Waals surface area contributed by atoms with Gasteiger partial charge in [-0.1, -0.05) is 18.2 Å². The molecule has 0 N–H and O–H groups in total. The lowest BCUT2D eigenvalue weighted by Gasteiger charge is -2.50. The van der Waals surface area contributed by atoms with Crippen LogP contribution in [-0.4, -0.2) is 54.3 Å². The van der Waals surface area contributed by atoms with Crippen LogP contribution in [0.5, 0.6) is 5.88 Å². The molecule has 0 saturated carbocycles. The second-order valence-electron chi connectivity index (χ2n) is 7.30. The molecule has 24 heavy (non-hydrogen) atoms. The maximum Gasteiger partial charge on any atom is 0.223 e. The van der Waals surface area contributed by atoms with Gasteiger partial charge in [0.2, 0.25) is 11.8 Å². The van der Waals surface area contributed by atoms with Gasteiger partial charge in [-0.3, -0.25) is 4.90 Å². The van der Waals surface area contributed by atoms with Crippen molar-refractivity contribution in [2.24, 2.45) is 18.0 Å². The summed E-state index contributed by atoms with van der Waals surface area (Å²) in [7, 11) is 3.75. The quantitative estimate of drug-likeness (QED) is 0.851. The molecule has 0 radical (unpaired) electrons. The molecule has 3 fully saturated rings. The third-order valence-electron chi connectivity index (χ3n) is 6.07. The number of benzene rings is 1. The van der Waals surface area contributed by atoms with E-state index < -0.39 is 0 Å². The Morgan fingerprint density at radius 1 is 1.25 bits per heavy atom. The Labute approximate surface area is 141 Å². The van der Waals surface area contributed by atoms with Crippen LogP contribution in [0.4, 0.5) is 0 Å². The summed E-state index contributed by atoms with van der Waals surface area (Å²) in [5.41, 5.74) is 2.03. The summed E-state index contributed by atoms with van der Waals surface area (Å²) in [6.45, 7) is 4.21. The molecule has 2 aromatic rings. The number of rotatable bonds is 2. The summed E-state index contributed by atoms with van der Waals surface area (Å²) >= 11 is 0. The normalized spacial score (nSPS) is 31.5. The number of fused-ring (bicyclic) bond motifs is 3. The summed E-state index contributed by atoms with van der Waals surface area (Å²) in [4.78, 5) is 7.37. The largest absolute Gasteiger partial charge is 0.482 e. The first-order valence-electron chi connectivity index (χ1n) is 8.79. The molecule has 5 heterocycles. The number of ether oxygens (including phenoxy) is 2. The van der Waals surface area contributed by atoms with Crippen molar-refractivity contribution in [2.75, 3.05) is 33.3 Å². The molecule has 2 bridgehead atoms. The molecule has 1 aromatic heterocycles. The van der Waals surface area contributed by atoms with E-state index in [9.17, 15) is 0 Å². The molecule has 4 aliphatic heterocycles. The Kier molecular flexibility index (Phi) is 2.98. The molecular weight excluding hydrogens is 302 g/mol. The van der Waals surface area contributed by atoms with Crippen molar-refractivity contribution in [3.05, 3.63) is 29.8 Å². The van der Waals surface area contributed by atoms with Crippen LogP contribution in [-0.2, 0) is 11.8 Å². The van der Waals surface area contributed by atoms with Gasteiger partial charge in [0.05, 0.1) is 19.2 Å². The fourth-order valence-corrected chi connectivity index (χ4v) is 4.83. The van der Waals surface area contributed by atoms with Crippen LogP contribution >= 0.6 is 0 Å². The molecular formula is C19H23N3O2. The summed E-state index contributed by atoms with van der Waals surface area (Å²) in [6.07, 6.45) is 2.46. The number of para-hydroxylation sites is 1. The van der Waals surface area contributed by atoms with Crippen LogP contribution in [0, 0.1) is 5.92 Å². The highest BCUT2D eigenvalue weighted by Crippen LogP contribution is 2.43. The molecule has 6 rings (SSSR count). The van der Waals surface area contributed by atoms with Gasteiger partial charge >= 0.3 is 0 Å². The highest BCUT2D eigenvalue weighted by molar-refractivity contribution is 6.10. The minimum atomic E-state index is -0.117. The van der Waals surface area contributed by atoms with Gasteiger partial charge < -0.3 is 14.0 Å². The number of hydrogen-bond donors (Lipinski definition) is 0. The van der Waals surface area contributed by atoms with E-state index in [1.807, 2.05) is 7.05 Å². The third-order valence-corrected chi connectivity index (χ3v) is 6.07. The van der Waals surface area contributed by atoms with E-state index in [4.69, 9.17) is 14.5 Å². The summed E-state index contributed by atoms with van der Waals surface area (Å²) in [6, 6.07) is 8.35. The zero-order valence-corrected chi connectivity index (χ0v) is 14.3. The molecule has 126 valence electrons. The van der Waals surface area contributed by atoms with Gasteiger partial charge in [-0.25, -0.2) is 4.99 Å². The second kappa shape index (κ2) is 4.99. The van der Waals surface area contributed by atoms with E-state index in [0.29, 0.717) is 5.92 Å². The SMILES string of the molecule is COc1c(C2=NCC3(CN4CCC3CC4)O2)c2ccccc2n1C. The van der Waals surface area contributed by atoms with E-state index >= 15 is 0 Å². The number of aliphatic imine (C=N–C) groups is 1. The number of nitrogens with zero attached hydrogens (tertiary/aromatic N) is 3. The Bertz CT molecular complexity index is 832. The molecule has 0 aliphatic carbocycles. The molecule has 3 saturated heterocycles. The van der Waals surface area contributed by atoms with Crippen LogP contribution in [0.15, 0.2) is 29.3 Å². The Balaban J connectivity index is 1.58. The number of aromatic nitrogens is 1. The average Bonchev–Trinajstić information content (AvgIpc) is 3.15. The Morgan fingerprint density at radius 2 is 2.04 bits per heavy atom. The van der Waals surface area contributed by atoms with E-state index in [2.05, 4.69) is 33.7 Å². The van der Waals surface area contributed by atoms with Crippen molar-refractivity contribution in [1.29, 1.82) is 0 Å². The van der Waals surface area contributed by atoms with Crippen LogP contribution in [0.2, 0.25) is 0 Å². The van der Waals surface area contributed by atoms with Crippen LogP contribution in [0.25, 0.3) is 10.9 Å². The van der Waals surface area contributed by atoms with Crippen molar-refractivity contribution >= 4 is 16.8 Å². The molecule has 5 heteroatoms. The second-order valence-corrected chi connectivity index (χ2v) is 7.30. The molecule has 1 aromatic carbocycles. The molecule has 1 unspecified atom stereocenters. The zero-order chi connectivity index (χ0) is 16.3. The predicted octanol–water partition coefficient (Wildman–Crippen LogP) is 2.43. The fourth-order valence-electron chi connectivity index (χ4n) is 4.83. The van der Waals surface area contributed by atoms with Crippen LogP contribution in [0.3, 0.4) is 0 Å². The van der Waals surface area contributed by atoms with E-state index in [-0.39, 0.29) is 5.60 Å². The number of methoxy groups -OCH3 is 1. The fraction of sp³-hybridized carbons (Fsp3) is 0.526. The molecule has 1 spiro atoms. The van der Waals surface area contributed by atoms with Crippen molar-refractivity contribution in [2.45, 2.75) is 18.4 Å². The average molecular weight is 325 g/mol. The molecule has 1 atom stereocenters. The Morgan fingerprint density at radius 3 is 2.75 bits per heavy atom. The number of piperidine rings is 3. The van der Waals surface area contributed by atoms with E-state index in [1.54, 1.807) is 7.11 Å². The van der Waals surface area contributed by atoms with Gasteiger partial charge in [-0.15, -0.1) is 0 Å². The monoisotopic (exact) mass is 325 g/mol. The van der Waals surface area contributed by atoms with Crippen molar-refractivity contribution in [1.82, 2.24) is 9.47 Å². The van der Waals surface area contributed by atoms with Crippen LogP contribution < -0.4 is 4.74 Å². The van der Waals surface area contributed by atoms with Gasteiger partial charge in [0.15, 0.2) is 0 Å². The summed E-state index contributed by atoms with van der Waals surface area (Å²) in [5.74, 6) is 2.22. The van der Waals surface area contributed by atoms with Crippen molar-refractivity contribution < 1.29 is 9.47 Å². The smallest absolute Gasteiger partial charge is 0.223 e. The lowest BCUT2D eigenvalue weighted by Crippen LogP contribution is -2.60. The van der Waals surface area contributed by atoms with Crippen molar-refractivity contribution in [3.63, 3.8) is 0 Å². The molecule has 4 aliphatic rings. The topological polar surface area (TPSA) is 39.0 Å². The highest BCUT2D eigenvalue weighted by Gasteiger charge is 2.52. The number of hydrogen-bond acceptors (Lipinski definition) is 4. The summed E-state index contributed by atoms with van der Waals surface area (Å²) in [5, 5.41) is 1.15. The van der Waals surface area contributed by atoms with Gasteiger partial charge in [0.25, 0.3) is 0 Å². The lowest BCUT2D eigenvalue weighted by atomic mass is 9.75. The minimum Gasteiger partial charge on any atom is -0.482 e. The molecule has 5 nitrogen and oxygen atoms in total. The van der Waals surface area contributed by atoms with Gasteiger partial charge in [-0.2, -0.15) is 0 Å². The minimum absolute atomic E-state index is 0.117. The first-order valence-corrected chi connectivity index (χ1v) is 8.79. The third kappa shape index (κ3) is 1.82. The van der Waals surface area contributed by atoms with E-state index in [0.717, 1.165) is 41.3 Å². The Hall–Kier alpha value is -2.01. The first kappa shape index (κ1) is 14.3. The first-order chi connectivity index (χ1) is 11.7. The highest BCUT2D eigenvalue weighted by atomic mass is 16.5. The van der Waals surface area contributed by atoms with E-state index in [1.165, 1.54) is 25.9 Å². The van der Waals surface area contributed by atoms with Gasteiger partial charge in [0.1, 0.15) is 11.2 Å². The maximum atomic E-state index is 6.59. The predicted molar refractivity (Wildman–Crippen MR) is 93.9 cm³/mol. The van der Waals surface area contributed by atoms with Crippen molar-refractivity contribution in [3.8, 4) is 5.88 Å². The zero-order valence-electron chi connectivity index (χ0n) is 14.3. The molecule has 0 amide bonds. The standard InChI is InChI=1S/C19H23N3O2/c1-21-15-6-4-3-5-14(15)16(18(21)23-2)17-20-11-19(24-17)12-22-9-7-13(19)8-10-22/h3-6,13H,7-12H2,1-2H3. The summed E-state index contributed by atoms with van der Waals surface area (Å²) < 4.78 is 14.4. The van der Waals surface area contributed by atoms with Gasteiger partial charge in [0, 0.05) is 24.9 Å². The lowest BCUT2D eigenvalue weighted by molar-refractivity contribution is -0.0825. The van der Waals surface area contributed by atoms with Crippen LogP contribution in [0.1, 0.15) is 18.4 Å². The maximum absolute atomic E-state index is 6.59. The van der Waals surface area contributed by atoms with Gasteiger partial charge in [-0.05, 0) is 32.0 Å². The number of aryl methyl sites for hydroxylation is 1.